The van der Waals surface area contributed by atoms with Crippen LogP contribution in [0.25, 0.3) is 0 Å². The number of amides is 2. The lowest BCUT2D eigenvalue weighted by molar-refractivity contribution is 0.0523. The van der Waals surface area contributed by atoms with Crippen LogP contribution in [0.3, 0.4) is 0 Å². The molecule has 1 fully saturated rings. The van der Waals surface area contributed by atoms with Gasteiger partial charge < -0.3 is 15.0 Å². The maximum Gasteiger partial charge on any atom is 0.339 e. The Balaban J connectivity index is 1.56. The van der Waals surface area contributed by atoms with Crippen molar-refractivity contribution in [2.24, 2.45) is 0 Å². The Morgan fingerprint density at radius 2 is 1.83 bits per heavy atom. The molecule has 1 aromatic carbocycles. The Bertz CT molecular complexity index is 955. The first-order valence-electron chi connectivity index (χ1n) is 9.90. The fourth-order valence-corrected chi connectivity index (χ4v) is 3.40. The molecular weight excluding hydrogens is 389 g/mol. The zero-order valence-electron chi connectivity index (χ0n) is 17.0. The lowest BCUT2D eigenvalue weighted by atomic mass is 10.0. The third-order valence-electron chi connectivity index (χ3n) is 5.04. The van der Waals surface area contributed by atoms with Crippen molar-refractivity contribution in [3.05, 3.63) is 64.7 Å². The molecule has 0 bridgehead atoms. The van der Waals surface area contributed by atoms with Gasteiger partial charge in [-0.3, -0.25) is 9.59 Å². The van der Waals surface area contributed by atoms with E-state index in [1.165, 1.54) is 24.3 Å². The molecular formula is C22H24FN3O4. The molecule has 1 aromatic heterocycles. The maximum atomic E-state index is 13.8. The Morgan fingerprint density at radius 1 is 1.13 bits per heavy atom. The van der Waals surface area contributed by atoms with Gasteiger partial charge in [-0.15, -0.1) is 0 Å². The third-order valence-corrected chi connectivity index (χ3v) is 5.04. The summed E-state index contributed by atoms with van der Waals surface area (Å²) in [6.07, 6.45) is 1.12. The molecule has 0 saturated carbocycles. The number of ether oxygens (including phenoxy) is 1. The Kier molecular flexibility index (Phi) is 6.76. The first kappa shape index (κ1) is 21.4. The standard InChI is InChI=1S/C22H24FN3O4/c1-3-30-22(29)16-8-9-19(24-14(16)2)20(27)25-15-10-12-26(13-11-15)21(28)17-6-4-5-7-18(17)23/h4-9,15H,3,10-13H2,1-2H3,(H,25,27). The number of pyridine rings is 1. The van der Waals surface area contributed by atoms with Crippen LogP contribution in [0, 0.1) is 12.7 Å². The lowest BCUT2D eigenvalue weighted by Gasteiger charge is -2.32. The van der Waals surface area contributed by atoms with E-state index in [1.54, 1.807) is 30.9 Å². The fourth-order valence-electron chi connectivity index (χ4n) is 3.40. The molecule has 2 aromatic rings. The van der Waals surface area contributed by atoms with Crippen molar-refractivity contribution in [2.75, 3.05) is 19.7 Å². The van der Waals surface area contributed by atoms with Crippen molar-refractivity contribution in [2.45, 2.75) is 32.7 Å². The number of carbonyl (C=O) groups excluding carboxylic acids is 3. The quantitative estimate of drug-likeness (QED) is 0.762. The molecule has 2 amide bonds. The number of nitrogens with zero attached hydrogens (tertiary/aromatic N) is 2. The van der Waals surface area contributed by atoms with Gasteiger partial charge >= 0.3 is 5.97 Å². The average Bonchev–Trinajstić information content (AvgIpc) is 2.74. The minimum Gasteiger partial charge on any atom is -0.462 e. The number of likely N-dealkylation sites (tertiary alicyclic amines) is 1. The number of nitrogens with one attached hydrogen (secondary N) is 1. The molecule has 30 heavy (non-hydrogen) atoms. The number of halogens is 1. The largest absolute Gasteiger partial charge is 0.462 e. The topological polar surface area (TPSA) is 88.6 Å². The minimum absolute atomic E-state index is 0.0568. The van der Waals surface area contributed by atoms with Gasteiger partial charge in [0.2, 0.25) is 0 Å². The highest BCUT2D eigenvalue weighted by Crippen LogP contribution is 2.17. The van der Waals surface area contributed by atoms with Crippen LogP contribution in [0.5, 0.6) is 0 Å². The van der Waals surface area contributed by atoms with Crippen molar-refractivity contribution in [3.63, 3.8) is 0 Å². The summed E-state index contributed by atoms with van der Waals surface area (Å²) >= 11 is 0. The Hall–Kier alpha value is -3.29. The van der Waals surface area contributed by atoms with Gasteiger partial charge in [0.1, 0.15) is 11.5 Å². The zero-order valence-corrected chi connectivity index (χ0v) is 17.0. The van der Waals surface area contributed by atoms with Gasteiger partial charge in [-0.25, -0.2) is 14.2 Å². The van der Waals surface area contributed by atoms with Crippen LogP contribution in [-0.4, -0.2) is 53.4 Å². The number of carbonyl (C=O) groups is 3. The summed E-state index contributed by atoms with van der Waals surface area (Å²) in [5.74, 6) is -1.69. The molecule has 1 saturated heterocycles. The second-order valence-corrected chi connectivity index (χ2v) is 7.07. The summed E-state index contributed by atoms with van der Waals surface area (Å²) in [7, 11) is 0. The minimum atomic E-state index is -0.536. The Morgan fingerprint density at radius 3 is 2.47 bits per heavy atom. The molecule has 1 N–H and O–H groups in total. The van der Waals surface area contributed by atoms with E-state index in [0.29, 0.717) is 37.2 Å². The monoisotopic (exact) mass is 413 g/mol. The van der Waals surface area contributed by atoms with Gasteiger partial charge in [0.25, 0.3) is 11.8 Å². The molecule has 1 aliphatic rings. The number of hydrogen-bond donors (Lipinski definition) is 1. The fraction of sp³-hybridized carbons (Fsp3) is 0.364. The molecule has 3 rings (SSSR count). The van der Waals surface area contributed by atoms with E-state index in [2.05, 4.69) is 10.3 Å². The summed E-state index contributed by atoms with van der Waals surface area (Å²) < 4.78 is 18.8. The van der Waals surface area contributed by atoms with Crippen molar-refractivity contribution >= 4 is 17.8 Å². The van der Waals surface area contributed by atoms with E-state index in [-0.39, 0.29) is 35.7 Å². The van der Waals surface area contributed by atoms with Crippen molar-refractivity contribution in [1.82, 2.24) is 15.2 Å². The van der Waals surface area contributed by atoms with Crippen LogP contribution in [0.1, 0.15) is 56.7 Å². The number of piperidine rings is 1. The van der Waals surface area contributed by atoms with Crippen LogP contribution in [0.2, 0.25) is 0 Å². The third kappa shape index (κ3) is 4.82. The summed E-state index contributed by atoms with van der Waals surface area (Å²) in [5, 5.41) is 2.92. The predicted molar refractivity (Wildman–Crippen MR) is 108 cm³/mol. The van der Waals surface area contributed by atoms with Gasteiger partial charge in [-0.1, -0.05) is 12.1 Å². The first-order chi connectivity index (χ1) is 14.4. The predicted octanol–water partition coefficient (Wildman–Crippen LogP) is 2.74. The molecule has 0 spiro atoms. The molecule has 0 aliphatic carbocycles. The molecule has 0 atom stereocenters. The molecule has 0 radical (unpaired) electrons. The van der Waals surface area contributed by atoms with Crippen LogP contribution in [-0.2, 0) is 4.74 Å². The second-order valence-electron chi connectivity index (χ2n) is 7.07. The van der Waals surface area contributed by atoms with E-state index in [9.17, 15) is 18.8 Å². The summed E-state index contributed by atoms with van der Waals surface area (Å²) in [5.41, 5.74) is 1.02. The molecule has 2 heterocycles. The zero-order chi connectivity index (χ0) is 21.7. The van der Waals surface area contributed by atoms with Crippen LogP contribution in [0.15, 0.2) is 36.4 Å². The lowest BCUT2D eigenvalue weighted by Crippen LogP contribution is -2.46. The molecule has 158 valence electrons. The average molecular weight is 413 g/mol. The number of aryl methyl sites for hydroxylation is 1. The van der Waals surface area contributed by atoms with E-state index >= 15 is 0 Å². The molecule has 0 unspecified atom stereocenters. The molecule has 7 nitrogen and oxygen atoms in total. The summed E-state index contributed by atoms with van der Waals surface area (Å²) in [6, 6.07) is 8.82. The highest BCUT2D eigenvalue weighted by atomic mass is 19.1. The van der Waals surface area contributed by atoms with Crippen molar-refractivity contribution in [1.29, 1.82) is 0 Å². The number of benzene rings is 1. The normalized spacial score (nSPS) is 14.3. The number of aromatic nitrogens is 1. The van der Waals surface area contributed by atoms with Crippen LogP contribution < -0.4 is 5.32 Å². The van der Waals surface area contributed by atoms with Crippen LogP contribution >= 0.6 is 0 Å². The SMILES string of the molecule is CCOC(=O)c1ccc(C(=O)NC2CCN(C(=O)c3ccccc3F)CC2)nc1C. The van der Waals surface area contributed by atoms with Gasteiger partial charge in [-0.05, 0) is 51.0 Å². The Labute approximate surface area is 174 Å². The number of esters is 1. The van der Waals surface area contributed by atoms with Gasteiger partial charge in [0.15, 0.2) is 0 Å². The number of hydrogen-bond acceptors (Lipinski definition) is 5. The molecule has 1 aliphatic heterocycles. The van der Waals surface area contributed by atoms with Crippen molar-refractivity contribution in [3.8, 4) is 0 Å². The van der Waals surface area contributed by atoms with E-state index in [4.69, 9.17) is 4.74 Å². The summed E-state index contributed by atoms with van der Waals surface area (Å²) in [6.45, 7) is 4.48. The summed E-state index contributed by atoms with van der Waals surface area (Å²) in [4.78, 5) is 42.7. The smallest absolute Gasteiger partial charge is 0.339 e. The van der Waals surface area contributed by atoms with Gasteiger partial charge in [-0.2, -0.15) is 0 Å². The van der Waals surface area contributed by atoms with Gasteiger partial charge in [0.05, 0.1) is 23.4 Å². The first-order valence-corrected chi connectivity index (χ1v) is 9.90. The van der Waals surface area contributed by atoms with E-state index < -0.39 is 11.8 Å². The molecule has 8 heteroatoms. The van der Waals surface area contributed by atoms with Gasteiger partial charge in [0, 0.05) is 19.1 Å². The number of rotatable bonds is 5. The van der Waals surface area contributed by atoms with E-state index in [1.807, 2.05) is 0 Å². The highest BCUT2D eigenvalue weighted by Gasteiger charge is 2.26. The van der Waals surface area contributed by atoms with Crippen LogP contribution in [0.4, 0.5) is 4.39 Å². The van der Waals surface area contributed by atoms with E-state index in [0.717, 1.165) is 0 Å². The maximum absolute atomic E-state index is 13.8. The highest BCUT2D eigenvalue weighted by molar-refractivity contribution is 5.95. The van der Waals surface area contributed by atoms with Crippen molar-refractivity contribution < 1.29 is 23.5 Å². The second kappa shape index (κ2) is 9.47.